The summed E-state index contributed by atoms with van der Waals surface area (Å²) < 4.78 is 2.74. The van der Waals surface area contributed by atoms with Crippen molar-refractivity contribution >= 4 is 23.1 Å². The highest BCUT2D eigenvalue weighted by Crippen LogP contribution is 2.38. The van der Waals surface area contributed by atoms with Gasteiger partial charge in [-0.25, -0.2) is 0 Å². The molecule has 2 unspecified atom stereocenters. The van der Waals surface area contributed by atoms with Crippen molar-refractivity contribution in [2.24, 2.45) is 12.8 Å². The molecule has 2 atom stereocenters. The van der Waals surface area contributed by atoms with Gasteiger partial charge in [0.15, 0.2) is 4.34 Å². The fourth-order valence-electron chi connectivity index (χ4n) is 1.53. The molecule has 0 saturated heterocycles. The molecule has 5 nitrogen and oxygen atoms in total. The van der Waals surface area contributed by atoms with Crippen molar-refractivity contribution in [3.63, 3.8) is 0 Å². The van der Waals surface area contributed by atoms with E-state index in [2.05, 4.69) is 22.2 Å². The lowest BCUT2D eigenvalue weighted by Crippen LogP contribution is -2.25. The first kappa shape index (κ1) is 12.5. The summed E-state index contributed by atoms with van der Waals surface area (Å²) in [4.78, 5) is 0. The van der Waals surface area contributed by atoms with Crippen molar-refractivity contribution in [3.05, 3.63) is 23.5 Å². The van der Waals surface area contributed by atoms with Gasteiger partial charge in [0, 0.05) is 24.8 Å². The number of thioether (sulfide) groups is 1. The molecule has 2 aromatic rings. The Morgan fingerprint density at radius 1 is 1.59 bits per heavy atom. The number of nitrogens with two attached hydrogens (primary N) is 1. The van der Waals surface area contributed by atoms with Gasteiger partial charge in [0.25, 0.3) is 0 Å². The summed E-state index contributed by atoms with van der Waals surface area (Å²) in [5.41, 5.74) is 9.05. The molecule has 92 valence electrons. The Hall–Kier alpha value is -0.920. The second kappa shape index (κ2) is 5.61. The highest BCUT2D eigenvalue weighted by molar-refractivity contribution is 8.01. The Morgan fingerprint density at radius 2 is 2.41 bits per heavy atom. The summed E-state index contributed by atoms with van der Waals surface area (Å²) in [6.45, 7) is 2.09. The molecule has 0 spiro atoms. The Bertz CT molecular complexity index is 453. The molecule has 2 heterocycles. The zero-order chi connectivity index (χ0) is 12.3. The molecule has 2 aromatic heterocycles. The molecule has 7 heteroatoms. The Labute approximate surface area is 108 Å². The van der Waals surface area contributed by atoms with Crippen LogP contribution in [0.3, 0.4) is 0 Å². The molecule has 0 aliphatic carbocycles. The van der Waals surface area contributed by atoms with Crippen LogP contribution in [0.5, 0.6) is 0 Å². The molecule has 2 rings (SSSR count). The molecule has 0 amide bonds. The third-order valence-electron chi connectivity index (χ3n) is 2.48. The van der Waals surface area contributed by atoms with Gasteiger partial charge in [-0.2, -0.15) is 5.10 Å². The Kier molecular flexibility index (Phi) is 4.14. The van der Waals surface area contributed by atoms with E-state index < -0.39 is 0 Å². The van der Waals surface area contributed by atoms with E-state index >= 15 is 0 Å². The van der Waals surface area contributed by atoms with E-state index in [0.29, 0.717) is 0 Å². The van der Waals surface area contributed by atoms with Crippen LogP contribution in [0, 0.1) is 0 Å². The number of nitrogens with zero attached hydrogens (tertiary/aromatic N) is 4. The van der Waals surface area contributed by atoms with Crippen LogP contribution in [0.15, 0.2) is 22.2 Å². The Balaban J connectivity index is 2.19. The van der Waals surface area contributed by atoms with Gasteiger partial charge in [-0.05, 0) is 6.42 Å². The average molecular weight is 269 g/mol. The van der Waals surface area contributed by atoms with Crippen molar-refractivity contribution in [2.75, 3.05) is 0 Å². The summed E-state index contributed by atoms with van der Waals surface area (Å²) >= 11 is 3.20. The van der Waals surface area contributed by atoms with Crippen molar-refractivity contribution in [3.8, 4) is 0 Å². The van der Waals surface area contributed by atoms with Gasteiger partial charge in [-0.3, -0.25) is 4.68 Å². The minimum atomic E-state index is 0.0908. The summed E-state index contributed by atoms with van der Waals surface area (Å²) in [7, 11) is 1.91. The molecule has 0 saturated carbocycles. The topological polar surface area (TPSA) is 69.6 Å². The lowest BCUT2D eigenvalue weighted by Gasteiger charge is -2.19. The summed E-state index contributed by atoms with van der Waals surface area (Å²) in [5.74, 6) is 0. The molecule has 0 bridgehead atoms. The first-order valence-corrected chi connectivity index (χ1v) is 7.13. The molecule has 0 aliphatic heterocycles. The first-order chi connectivity index (χ1) is 8.20. The minimum Gasteiger partial charge on any atom is -0.326 e. The maximum Gasteiger partial charge on any atom is 0.174 e. The number of aryl methyl sites for hydroxylation is 1. The fraction of sp³-hybridized carbons (Fsp3) is 0.500. The van der Waals surface area contributed by atoms with Crippen LogP contribution in [0.1, 0.15) is 24.2 Å². The van der Waals surface area contributed by atoms with E-state index in [0.717, 1.165) is 16.3 Å². The summed E-state index contributed by atoms with van der Waals surface area (Å²) in [6.07, 6.45) is 4.80. The van der Waals surface area contributed by atoms with Crippen LogP contribution in [-0.4, -0.2) is 26.0 Å². The van der Waals surface area contributed by atoms with Crippen LogP contribution >= 0.6 is 23.1 Å². The van der Waals surface area contributed by atoms with Crippen molar-refractivity contribution in [2.45, 2.75) is 29.0 Å². The monoisotopic (exact) mass is 269 g/mol. The van der Waals surface area contributed by atoms with E-state index in [1.807, 2.05) is 19.4 Å². The van der Waals surface area contributed by atoms with Crippen LogP contribution < -0.4 is 5.73 Å². The van der Waals surface area contributed by atoms with E-state index in [9.17, 15) is 0 Å². The number of aromatic nitrogens is 4. The van der Waals surface area contributed by atoms with Crippen molar-refractivity contribution in [1.29, 1.82) is 0 Å². The highest BCUT2D eigenvalue weighted by atomic mass is 32.2. The largest absolute Gasteiger partial charge is 0.326 e. The maximum absolute atomic E-state index is 6.17. The van der Waals surface area contributed by atoms with E-state index in [1.54, 1.807) is 22.0 Å². The van der Waals surface area contributed by atoms with Crippen LogP contribution in [-0.2, 0) is 7.05 Å². The summed E-state index contributed by atoms with van der Waals surface area (Å²) in [5, 5.41) is 12.3. The van der Waals surface area contributed by atoms with Gasteiger partial charge in [0.2, 0.25) is 0 Å². The average Bonchev–Trinajstić information content (AvgIpc) is 2.96. The number of rotatable bonds is 5. The zero-order valence-corrected chi connectivity index (χ0v) is 11.4. The van der Waals surface area contributed by atoms with E-state index in [4.69, 9.17) is 5.73 Å². The lowest BCUT2D eigenvalue weighted by atomic mass is 10.1. The smallest absolute Gasteiger partial charge is 0.174 e. The molecule has 0 radical (unpaired) electrons. The van der Waals surface area contributed by atoms with Gasteiger partial charge in [-0.1, -0.05) is 30.0 Å². The van der Waals surface area contributed by atoms with E-state index in [1.165, 1.54) is 11.3 Å². The molecular formula is C10H15N5S2. The number of hydrogen-bond donors (Lipinski definition) is 1. The maximum atomic E-state index is 6.17. The predicted octanol–water partition coefficient (Wildman–Crippen LogP) is 1.84. The minimum absolute atomic E-state index is 0.0908. The van der Waals surface area contributed by atoms with Crippen molar-refractivity contribution < 1.29 is 0 Å². The second-order valence-electron chi connectivity index (χ2n) is 3.76. The lowest BCUT2D eigenvalue weighted by molar-refractivity contribution is 0.633. The van der Waals surface area contributed by atoms with Crippen LogP contribution in [0.4, 0.5) is 0 Å². The van der Waals surface area contributed by atoms with Crippen LogP contribution in [0.25, 0.3) is 0 Å². The highest BCUT2D eigenvalue weighted by Gasteiger charge is 2.22. The van der Waals surface area contributed by atoms with Gasteiger partial charge in [-0.15, -0.1) is 10.2 Å². The van der Waals surface area contributed by atoms with Crippen molar-refractivity contribution in [1.82, 2.24) is 20.0 Å². The molecule has 2 N–H and O–H groups in total. The molecule has 0 fully saturated rings. The standard InChI is InChI=1S/C10H15N5S2/c1-3-8(11)9(7-4-13-15(2)5-7)17-10-14-12-6-16-10/h4-6,8-9H,3,11H2,1-2H3. The predicted molar refractivity (Wildman–Crippen MR) is 70.0 cm³/mol. The molecule has 0 aliphatic rings. The van der Waals surface area contributed by atoms with Gasteiger partial charge in [0.1, 0.15) is 5.51 Å². The molecule has 0 aromatic carbocycles. The molecular weight excluding hydrogens is 254 g/mol. The third-order valence-corrected chi connectivity index (χ3v) is 4.70. The normalized spacial score (nSPS) is 14.8. The number of hydrogen-bond acceptors (Lipinski definition) is 6. The quantitative estimate of drug-likeness (QED) is 0.839. The summed E-state index contributed by atoms with van der Waals surface area (Å²) in [6, 6.07) is 0.0908. The van der Waals surface area contributed by atoms with Crippen LogP contribution in [0.2, 0.25) is 0 Å². The van der Waals surface area contributed by atoms with Gasteiger partial charge in [0.05, 0.1) is 11.4 Å². The third kappa shape index (κ3) is 3.05. The van der Waals surface area contributed by atoms with Gasteiger partial charge < -0.3 is 5.73 Å². The SMILES string of the molecule is CCC(N)C(Sc1nncs1)c1cnn(C)c1. The van der Waals surface area contributed by atoms with Gasteiger partial charge >= 0.3 is 0 Å². The zero-order valence-electron chi connectivity index (χ0n) is 9.78. The fourth-order valence-corrected chi connectivity index (χ4v) is 3.40. The molecule has 17 heavy (non-hydrogen) atoms. The Morgan fingerprint density at radius 3 is 2.94 bits per heavy atom. The second-order valence-corrected chi connectivity index (χ2v) is 5.98. The first-order valence-electron chi connectivity index (χ1n) is 5.37. The van der Waals surface area contributed by atoms with E-state index in [-0.39, 0.29) is 11.3 Å².